The first-order valence-electron chi connectivity index (χ1n) is 9.73. The SMILES string of the molecule is CS(=O)(=O)c1ccc(NC(=O)CSc2cc(C(=O)NC3CC3)c3ccccc3n2)cc1. The van der Waals surface area contributed by atoms with Crippen LogP contribution < -0.4 is 10.6 Å². The van der Waals surface area contributed by atoms with Crippen molar-refractivity contribution in [1.29, 1.82) is 0 Å². The van der Waals surface area contributed by atoms with E-state index >= 15 is 0 Å². The zero-order valence-corrected chi connectivity index (χ0v) is 18.4. The van der Waals surface area contributed by atoms with Crippen LogP contribution >= 0.6 is 11.8 Å². The lowest BCUT2D eigenvalue weighted by atomic mass is 10.1. The molecule has 1 heterocycles. The number of hydrogen-bond acceptors (Lipinski definition) is 6. The van der Waals surface area contributed by atoms with Crippen LogP contribution in [0.1, 0.15) is 23.2 Å². The zero-order valence-electron chi connectivity index (χ0n) is 16.8. The molecule has 3 aromatic rings. The Kier molecular flexibility index (Phi) is 5.97. The first-order chi connectivity index (χ1) is 14.8. The number of carbonyl (C=O) groups excluding carboxylic acids is 2. The number of para-hydroxylation sites is 1. The number of nitrogens with zero attached hydrogens (tertiary/aromatic N) is 1. The minimum Gasteiger partial charge on any atom is -0.349 e. The Morgan fingerprint density at radius 3 is 2.48 bits per heavy atom. The predicted molar refractivity (Wildman–Crippen MR) is 121 cm³/mol. The standard InChI is InChI=1S/C22H21N3O4S2/c1-31(28,29)16-10-8-14(9-11-16)23-20(26)13-30-21-12-18(22(27)24-15-6-7-15)17-4-2-3-5-19(17)25-21/h2-5,8-12,15H,6-7,13H2,1H3,(H,23,26)(H,24,27). The van der Waals surface area contributed by atoms with Crippen molar-refractivity contribution in [3.05, 3.63) is 60.2 Å². The molecule has 0 aliphatic heterocycles. The fourth-order valence-corrected chi connectivity index (χ4v) is 4.37. The zero-order chi connectivity index (χ0) is 22.0. The number of rotatable bonds is 7. The number of carbonyl (C=O) groups is 2. The molecule has 1 aliphatic rings. The lowest BCUT2D eigenvalue weighted by Gasteiger charge is -2.10. The van der Waals surface area contributed by atoms with Gasteiger partial charge in [-0.25, -0.2) is 13.4 Å². The molecule has 1 fully saturated rings. The molecule has 1 saturated carbocycles. The van der Waals surface area contributed by atoms with Crippen molar-refractivity contribution < 1.29 is 18.0 Å². The summed E-state index contributed by atoms with van der Waals surface area (Å²) in [6.07, 6.45) is 3.14. The Hall–Kier alpha value is -2.91. The van der Waals surface area contributed by atoms with E-state index in [0.717, 1.165) is 24.5 Å². The number of amides is 2. The third-order valence-electron chi connectivity index (χ3n) is 4.77. The first-order valence-corrected chi connectivity index (χ1v) is 12.6. The van der Waals surface area contributed by atoms with E-state index in [4.69, 9.17) is 0 Å². The summed E-state index contributed by atoms with van der Waals surface area (Å²) in [6.45, 7) is 0. The van der Waals surface area contributed by atoms with E-state index in [0.29, 0.717) is 21.8 Å². The van der Waals surface area contributed by atoms with Crippen LogP contribution in [0.3, 0.4) is 0 Å². The number of nitrogens with one attached hydrogen (secondary N) is 2. The third kappa shape index (κ3) is 5.42. The van der Waals surface area contributed by atoms with Crippen molar-refractivity contribution in [2.45, 2.75) is 28.8 Å². The molecule has 7 nitrogen and oxygen atoms in total. The van der Waals surface area contributed by atoms with Crippen molar-refractivity contribution in [2.75, 3.05) is 17.3 Å². The van der Waals surface area contributed by atoms with Gasteiger partial charge in [-0.3, -0.25) is 9.59 Å². The van der Waals surface area contributed by atoms with Crippen LogP contribution in [0, 0.1) is 0 Å². The van der Waals surface area contributed by atoms with Crippen LogP contribution in [0.2, 0.25) is 0 Å². The normalized spacial score (nSPS) is 13.7. The summed E-state index contributed by atoms with van der Waals surface area (Å²) in [6, 6.07) is 15.4. The second-order valence-electron chi connectivity index (χ2n) is 7.41. The largest absolute Gasteiger partial charge is 0.349 e. The van der Waals surface area contributed by atoms with Crippen molar-refractivity contribution in [1.82, 2.24) is 10.3 Å². The Labute approximate surface area is 184 Å². The Balaban J connectivity index is 1.45. The van der Waals surface area contributed by atoms with Crippen LogP contribution in [0.4, 0.5) is 5.69 Å². The lowest BCUT2D eigenvalue weighted by Crippen LogP contribution is -2.25. The van der Waals surface area contributed by atoms with Gasteiger partial charge in [0.05, 0.1) is 26.8 Å². The summed E-state index contributed by atoms with van der Waals surface area (Å²) >= 11 is 1.24. The van der Waals surface area contributed by atoms with Gasteiger partial charge >= 0.3 is 0 Å². The maximum absolute atomic E-state index is 12.7. The molecular weight excluding hydrogens is 434 g/mol. The van der Waals surface area contributed by atoms with Crippen LogP contribution in [0.15, 0.2) is 64.5 Å². The smallest absolute Gasteiger partial charge is 0.252 e. The molecule has 1 aliphatic carbocycles. The highest BCUT2D eigenvalue weighted by atomic mass is 32.2. The number of anilines is 1. The average Bonchev–Trinajstić information content (AvgIpc) is 3.55. The van der Waals surface area contributed by atoms with Crippen LogP contribution in [-0.2, 0) is 14.6 Å². The van der Waals surface area contributed by atoms with Crippen LogP contribution in [0.5, 0.6) is 0 Å². The third-order valence-corrected chi connectivity index (χ3v) is 6.81. The molecule has 31 heavy (non-hydrogen) atoms. The highest BCUT2D eigenvalue weighted by molar-refractivity contribution is 7.99. The van der Waals surface area contributed by atoms with E-state index < -0.39 is 9.84 Å². The van der Waals surface area contributed by atoms with Gasteiger partial charge < -0.3 is 10.6 Å². The van der Waals surface area contributed by atoms with Gasteiger partial charge in [0.15, 0.2) is 9.84 Å². The lowest BCUT2D eigenvalue weighted by molar-refractivity contribution is -0.113. The summed E-state index contributed by atoms with van der Waals surface area (Å²) < 4.78 is 23.1. The molecule has 0 unspecified atom stereocenters. The van der Waals surface area contributed by atoms with Crippen molar-refractivity contribution in [3.8, 4) is 0 Å². The number of pyridine rings is 1. The molecule has 1 aromatic heterocycles. The fraction of sp³-hybridized carbons (Fsp3) is 0.227. The predicted octanol–water partition coefficient (Wildman–Crippen LogP) is 3.26. The van der Waals surface area contributed by atoms with Crippen LogP contribution in [0.25, 0.3) is 10.9 Å². The number of fused-ring (bicyclic) bond motifs is 1. The Morgan fingerprint density at radius 2 is 1.81 bits per heavy atom. The van der Waals surface area contributed by atoms with E-state index in [-0.39, 0.29) is 28.5 Å². The maximum Gasteiger partial charge on any atom is 0.252 e. The molecule has 4 rings (SSSR count). The molecule has 2 N–H and O–H groups in total. The monoisotopic (exact) mass is 455 g/mol. The summed E-state index contributed by atoms with van der Waals surface area (Å²) in [5.74, 6) is -0.280. The van der Waals surface area contributed by atoms with Gasteiger partial charge in [0, 0.05) is 23.4 Å². The van der Waals surface area contributed by atoms with Crippen molar-refractivity contribution in [2.24, 2.45) is 0 Å². The van der Waals surface area contributed by atoms with E-state index in [1.54, 1.807) is 18.2 Å². The van der Waals surface area contributed by atoms with Gasteiger partial charge in [-0.2, -0.15) is 0 Å². The summed E-state index contributed by atoms with van der Waals surface area (Å²) in [4.78, 5) is 29.8. The Bertz CT molecular complexity index is 1250. The molecule has 9 heteroatoms. The summed E-state index contributed by atoms with van der Waals surface area (Å²) in [7, 11) is -3.29. The highest BCUT2D eigenvalue weighted by Gasteiger charge is 2.25. The quantitative estimate of drug-likeness (QED) is 0.530. The average molecular weight is 456 g/mol. The molecule has 2 aromatic carbocycles. The Morgan fingerprint density at radius 1 is 1.10 bits per heavy atom. The topological polar surface area (TPSA) is 105 Å². The molecular formula is C22H21N3O4S2. The molecule has 2 amide bonds. The molecule has 0 saturated heterocycles. The second-order valence-corrected chi connectivity index (χ2v) is 10.4. The van der Waals surface area contributed by atoms with Gasteiger partial charge in [-0.1, -0.05) is 30.0 Å². The van der Waals surface area contributed by atoms with Gasteiger partial charge in [0.25, 0.3) is 5.91 Å². The number of benzene rings is 2. The molecule has 160 valence electrons. The van der Waals surface area contributed by atoms with E-state index in [2.05, 4.69) is 15.6 Å². The van der Waals surface area contributed by atoms with Crippen molar-refractivity contribution in [3.63, 3.8) is 0 Å². The summed E-state index contributed by atoms with van der Waals surface area (Å²) in [5, 5.41) is 7.11. The van der Waals surface area contributed by atoms with E-state index in [9.17, 15) is 18.0 Å². The fourth-order valence-electron chi connectivity index (χ4n) is 3.03. The minimum absolute atomic E-state index is 0.100. The number of thioether (sulfide) groups is 1. The number of aromatic nitrogens is 1. The summed E-state index contributed by atoms with van der Waals surface area (Å²) in [5.41, 5.74) is 1.76. The van der Waals surface area contributed by atoms with Crippen LogP contribution in [-0.4, -0.2) is 43.3 Å². The van der Waals surface area contributed by atoms with Gasteiger partial charge in [-0.05, 0) is 49.2 Å². The van der Waals surface area contributed by atoms with E-state index in [1.165, 1.54) is 23.9 Å². The molecule has 0 radical (unpaired) electrons. The van der Waals surface area contributed by atoms with Gasteiger partial charge in [0.1, 0.15) is 0 Å². The van der Waals surface area contributed by atoms with Gasteiger partial charge in [0.2, 0.25) is 5.91 Å². The molecule has 0 atom stereocenters. The maximum atomic E-state index is 12.7. The minimum atomic E-state index is -3.29. The van der Waals surface area contributed by atoms with E-state index in [1.807, 2.05) is 24.3 Å². The van der Waals surface area contributed by atoms with Crippen molar-refractivity contribution >= 4 is 50.0 Å². The second kappa shape index (κ2) is 8.68. The highest BCUT2D eigenvalue weighted by Crippen LogP contribution is 2.26. The van der Waals surface area contributed by atoms with Gasteiger partial charge in [-0.15, -0.1) is 0 Å². The number of hydrogen-bond donors (Lipinski definition) is 2. The first kappa shape index (κ1) is 21.3. The molecule has 0 bridgehead atoms. The number of sulfone groups is 1. The molecule has 0 spiro atoms.